The first-order chi connectivity index (χ1) is 6.18. The van der Waals surface area contributed by atoms with Crippen LogP contribution in [-0.4, -0.2) is 17.1 Å². The molecule has 1 aromatic carbocycles. The van der Waals surface area contributed by atoms with Crippen molar-refractivity contribution < 1.29 is 9.90 Å². The molecule has 13 heavy (non-hydrogen) atoms. The average molecular weight is 179 g/mol. The van der Waals surface area contributed by atoms with Gasteiger partial charge in [0.05, 0.1) is 0 Å². The van der Waals surface area contributed by atoms with E-state index in [1.807, 2.05) is 30.3 Å². The first kappa shape index (κ1) is 9.89. The van der Waals surface area contributed by atoms with Gasteiger partial charge in [0.25, 0.3) is 0 Å². The van der Waals surface area contributed by atoms with Crippen molar-refractivity contribution in [3.05, 3.63) is 35.9 Å². The molecule has 70 valence electrons. The molecule has 0 spiro atoms. The number of aliphatic hydroxyl groups is 1. The lowest BCUT2D eigenvalue weighted by atomic mass is 10.1. The van der Waals surface area contributed by atoms with Crippen LogP contribution in [0.3, 0.4) is 0 Å². The second-order valence-corrected chi connectivity index (χ2v) is 2.97. The highest BCUT2D eigenvalue weighted by molar-refractivity contribution is 5.81. The standard InChI is InChI=1S/C10H13NO2/c11-10(13)7-9(12)6-8-4-2-1-3-5-8/h1-5,10,13H,6-7,11H2. The molecule has 0 radical (unpaired) electrons. The van der Waals surface area contributed by atoms with Crippen molar-refractivity contribution in [2.24, 2.45) is 5.73 Å². The van der Waals surface area contributed by atoms with Crippen LogP contribution >= 0.6 is 0 Å². The van der Waals surface area contributed by atoms with Crippen molar-refractivity contribution in [1.29, 1.82) is 0 Å². The molecule has 0 saturated heterocycles. The molecule has 1 unspecified atom stereocenters. The summed E-state index contributed by atoms with van der Waals surface area (Å²) in [5.41, 5.74) is 6.03. The Morgan fingerprint density at radius 3 is 2.54 bits per heavy atom. The predicted octanol–water partition coefficient (Wildman–Crippen LogP) is 0.465. The molecule has 0 heterocycles. The van der Waals surface area contributed by atoms with Crippen LogP contribution < -0.4 is 5.73 Å². The van der Waals surface area contributed by atoms with Gasteiger partial charge < -0.3 is 10.8 Å². The van der Waals surface area contributed by atoms with Crippen molar-refractivity contribution in [2.75, 3.05) is 0 Å². The van der Waals surface area contributed by atoms with Crippen LogP contribution in [0.4, 0.5) is 0 Å². The van der Waals surface area contributed by atoms with Gasteiger partial charge in [-0.25, -0.2) is 0 Å². The summed E-state index contributed by atoms with van der Waals surface area (Å²) >= 11 is 0. The summed E-state index contributed by atoms with van der Waals surface area (Å²) < 4.78 is 0. The predicted molar refractivity (Wildman–Crippen MR) is 50.0 cm³/mol. The highest BCUT2D eigenvalue weighted by Gasteiger charge is 2.06. The summed E-state index contributed by atoms with van der Waals surface area (Å²) in [6, 6.07) is 9.40. The molecule has 1 atom stereocenters. The zero-order valence-electron chi connectivity index (χ0n) is 7.31. The number of hydrogen-bond acceptors (Lipinski definition) is 3. The van der Waals surface area contributed by atoms with E-state index < -0.39 is 6.23 Å². The molecule has 1 rings (SSSR count). The van der Waals surface area contributed by atoms with Gasteiger partial charge in [-0.3, -0.25) is 4.79 Å². The van der Waals surface area contributed by atoms with E-state index in [0.29, 0.717) is 6.42 Å². The first-order valence-electron chi connectivity index (χ1n) is 4.18. The minimum Gasteiger partial charge on any atom is -0.378 e. The topological polar surface area (TPSA) is 63.3 Å². The summed E-state index contributed by atoms with van der Waals surface area (Å²) in [7, 11) is 0. The first-order valence-corrected chi connectivity index (χ1v) is 4.18. The fraction of sp³-hybridized carbons (Fsp3) is 0.300. The molecule has 1 aromatic rings. The Balaban J connectivity index is 2.46. The Morgan fingerprint density at radius 1 is 1.38 bits per heavy atom. The summed E-state index contributed by atoms with van der Waals surface area (Å²) in [6.07, 6.45) is -0.666. The molecule has 0 amide bonds. The number of Topliss-reactive ketones (excluding diaryl/α,β-unsaturated/α-hetero) is 1. The summed E-state index contributed by atoms with van der Waals surface area (Å²) in [5, 5.41) is 8.76. The van der Waals surface area contributed by atoms with Gasteiger partial charge in [0, 0.05) is 12.8 Å². The van der Waals surface area contributed by atoms with Crippen molar-refractivity contribution in [3.8, 4) is 0 Å². The minimum absolute atomic E-state index is 0.0227. The maximum Gasteiger partial charge on any atom is 0.141 e. The van der Waals surface area contributed by atoms with Crippen molar-refractivity contribution >= 4 is 5.78 Å². The molecule has 3 nitrogen and oxygen atoms in total. The third kappa shape index (κ3) is 3.83. The fourth-order valence-electron chi connectivity index (χ4n) is 1.13. The number of carbonyl (C=O) groups excluding carboxylic acids is 1. The van der Waals surface area contributed by atoms with E-state index in [1.54, 1.807) is 0 Å². The number of hydrogen-bond donors (Lipinski definition) is 2. The van der Waals surface area contributed by atoms with Gasteiger partial charge in [-0.05, 0) is 5.56 Å². The molecule has 3 heteroatoms. The van der Waals surface area contributed by atoms with Crippen LogP contribution in [0.15, 0.2) is 30.3 Å². The third-order valence-corrected chi connectivity index (χ3v) is 1.68. The zero-order chi connectivity index (χ0) is 9.68. The van der Waals surface area contributed by atoms with E-state index >= 15 is 0 Å². The second kappa shape index (κ2) is 4.74. The van der Waals surface area contributed by atoms with E-state index in [1.165, 1.54) is 0 Å². The molecular weight excluding hydrogens is 166 g/mol. The van der Waals surface area contributed by atoms with Crippen molar-refractivity contribution in [2.45, 2.75) is 19.1 Å². The lowest BCUT2D eigenvalue weighted by Gasteiger charge is -2.02. The molecule has 0 aliphatic rings. The van der Waals surface area contributed by atoms with Gasteiger partial charge >= 0.3 is 0 Å². The molecule has 0 aliphatic carbocycles. The Bertz CT molecular complexity index is 270. The van der Waals surface area contributed by atoms with Gasteiger partial charge in [0.1, 0.15) is 12.0 Å². The number of benzene rings is 1. The van der Waals surface area contributed by atoms with Crippen molar-refractivity contribution in [1.82, 2.24) is 0 Å². The Kier molecular flexibility index (Phi) is 3.61. The zero-order valence-corrected chi connectivity index (χ0v) is 7.31. The molecule has 0 aromatic heterocycles. The number of aliphatic hydroxyl groups excluding tert-OH is 1. The van der Waals surface area contributed by atoms with E-state index in [2.05, 4.69) is 0 Å². The highest BCUT2D eigenvalue weighted by Crippen LogP contribution is 2.02. The Hall–Kier alpha value is -1.19. The van der Waals surface area contributed by atoms with Gasteiger partial charge in [0.15, 0.2) is 0 Å². The van der Waals surface area contributed by atoms with Gasteiger partial charge in [-0.2, -0.15) is 0 Å². The number of carbonyl (C=O) groups is 1. The minimum atomic E-state index is -1.03. The van der Waals surface area contributed by atoms with E-state index in [-0.39, 0.29) is 12.2 Å². The van der Waals surface area contributed by atoms with Gasteiger partial charge in [0.2, 0.25) is 0 Å². The molecule has 0 aliphatic heterocycles. The lowest BCUT2D eigenvalue weighted by molar-refractivity contribution is -0.120. The lowest BCUT2D eigenvalue weighted by Crippen LogP contribution is -2.23. The third-order valence-electron chi connectivity index (χ3n) is 1.68. The smallest absolute Gasteiger partial charge is 0.141 e. The monoisotopic (exact) mass is 179 g/mol. The van der Waals surface area contributed by atoms with E-state index in [0.717, 1.165) is 5.56 Å². The van der Waals surface area contributed by atoms with Crippen LogP contribution in [0, 0.1) is 0 Å². The maximum absolute atomic E-state index is 11.2. The van der Waals surface area contributed by atoms with Crippen LogP contribution in [0.25, 0.3) is 0 Å². The van der Waals surface area contributed by atoms with Gasteiger partial charge in [-0.15, -0.1) is 0 Å². The average Bonchev–Trinajstić information content (AvgIpc) is 2.04. The van der Waals surface area contributed by atoms with Crippen LogP contribution in [-0.2, 0) is 11.2 Å². The highest BCUT2D eigenvalue weighted by atomic mass is 16.3. The van der Waals surface area contributed by atoms with E-state index in [9.17, 15) is 4.79 Å². The molecule has 0 fully saturated rings. The SMILES string of the molecule is NC(O)CC(=O)Cc1ccccc1. The maximum atomic E-state index is 11.2. The van der Waals surface area contributed by atoms with Gasteiger partial charge in [-0.1, -0.05) is 30.3 Å². The molecular formula is C10H13NO2. The Labute approximate surface area is 77.2 Å². The van der Waals surface area contributed by atoms with Crippen molar-refractivity contribution in [3.63, 3.8) is 0 Å². The fourth-order valence-corrected chi connectivity index (χ4v) is 1.13. The van der Waals surface area contributed by atoms with E-state index in [4.69, 9.17) is 10.8 Å². The quantitative estimate of drug-likeness (QED) is 0.660. The summed E-state index contributed by atoms with van der Waals surface area (Å²) in [4.78, 5) is 11.2. The second-order valence-electron chi connectivity index (χ2n) is 2.97. The normalized spacial score (nSPS) is 12.5. The van der Waals surface area contributed by atoms with Crippen LogP contribution in [0.1, 0.15) is 12.0 Å². The number of nitrogens with two attached hydrogens (primary N) is 1. The van der Waals surface area contributed by atoms with Crippen LogP contribution in [0.2, 0.25) is 0 Å². The molecule has 0 bridgehead atoms. The largest absolute Gasteiger partial charge is 0.378 e. The van der Waals surface area contributed by atoms with Crippen LogP contribution in [0.5, 0.6) is 0 Å². The summed E-state index contributed by atoms with van der Waals surface area (Å²) in [5.74, 6) is -0.0406. The Morgan fingerprint density at radius 2 is 2.00 bits per heavy atom. The summed E-state index contributed by atoms with van der Waals surface area (Å²) in [6.45, 7) is 0. The molecule has 0 saturated carbocycles. The molecule has 3 N–H and O–H groups in total. The number of rotatable bonds is 4. The number of ketones is 1.